The van der Waals surface area contributed by atoms with Crippen LogP contribution < -0.4 is 10.5 Å². The number of fused-ring (bicyclic) bond motifs is 1. The fourth-order valence-electron chi connectivity index (χ4n) is 2.39. The molecule has 2 aromatic heterocycles. The Kier molecular flexibility index (Phi) is 3.97. The third-order valence-corrected chi connectivity index (χ3v) is 3.44. The van der Waals surface area contributed by atoms with Crippen molar-refractivity contribution in [3.8, 4) is 5.88 Å². The van der Waals surface area contributed by atoms with Crippen molar-refractivity contribution in [1.82, 2.24) is 19.7 Å². The van der Waals surface area contributed by atoms with Crippen LogP contribution in [-0.4, -0.2) is 66.6 Å². The minimum atomic E-state index is -3.16. The highest BCUT2D eigenvalue weighted by atomic mass is 19.3. The Labute approximate surface area is 127 Å². The Bertz CT molecular complexity index is 713. The molecule has 1 saturated heterocycles. The molecule has 0 saturated carbocycles. The number of nitrogen functional groups attached to an aromatic ring is 1. The second-order valence-electron chi connectivity index (χ2n) is 4.81. The number of ether oxygens (including phenoxy) is 2. The van der Waals surface area contributed by atoms with E-state index < -0.39 is 43.6 Å². The summed E-state index contributed by atoms with van der Waals surface area (Å²) in [6.45, 7) is -3.71. The lowest BCUT2D eigenvalue weighted by Gasteiger charge is -2.15. The van der Waals surface area contributed by atoms with Gasteiger partial charge < -0.3 is 30.5 Å². The van der Waals surface area contributed by atoms with Crippen LogP contribution in [0, 0.1) is 0 Å². The maximum absolute atomic E-state index is 12.5. The summed E-state index contributed by atoms with van der Waals surface area (Å²) in [6.07, 6.45) is -4.11. The molecule has 23 heavy (non-hydrogen) atoms. The molecule has 1 aliphatic rings. The van der Waals surface area contributed by atoms with Crippen LogP contribution in [0.2, 0.25) is 0 Å². The fourth-order valence-corrected chi connectivity index (χ4v) is 2.39. The maximum Gasteiger partial charge on any atom is 0.388 e. The number of aliphatic hydroxyl groups excluding tert-OH is 3. The van der Waals surface area contributed by atoms with Crippen LogP contribution in [0.4, 0.5) is 14.6 Å². The zero-order valence-electron chi connectivity index (χ0n) is 11.5. The van der Waals surface area contributed by atoms with Gasteiger partial charge in [0.25, 0.3) is 5.88 Å². The van der Waals surface area contributed by atoms with Gasteiger partial charge in [0.2, 0.25) is 0 Å². The average Bonchev–Trinajstić information content (AvgIpc) is 2.99. The van der Waals surface area contributed by atoms with E-state index in [0.29, 0.717) is 0 Å². The third-order valence-electron chi connectivity index (χ3n) is 3.44. The molecule has 12 heteroatoms. The molecule has 0 unspecified atom stereocenters. The van der Waals surface area contributed by atoms with Crippen LogP contribution in [0.3, 0.4) is 0 Å². The number of anilines is 1. The first-order chi connectivity index (χ1) is 10.9. The van der Waals surface area contributed by atoms with Gasteiger partial charge in [0.05, 0.1) is 6.61 Å². The number of aromatic nitrogens is 4. The number of alkyl halides is 2. The summed E-state index contributed by atoms with van der Waals surface area (Å²) in [4.78, 5) is 7.55. The molecule has 5 N–H and O–H groups in total. The summed E-state index contributed by atoms with van der Waals surface area (Å²) in [6, 6.07) is 0. The van der Waals surface area contributed by atoms with Gasteiger partial charge in [0.1, 0.15) is 35.8 Å². The minimum absolute atomic E-state index is 0.0250. The Balaban J connectivity index is 2.10. The standard InChI is InChI=1S/C11H13F2N5O5/c12-11(13)23-9-4-7(14)15-2-16-8(4)18(17-9)10-6(21)5(20)3(1-19)22-10/h2-3,5-6,10-11,19-21H,1H2,(H2,14,15,16)/t3-,5-,6-,10-/m1/s1. The Morgan fingerprint density at radius 2 is 2.09 bits per heavy atom. The third kappa shape index (κ3) is 2.55. The van der Waals surface area contributed by atoms with E-state index in [2.05, 4.69) is 19.8 Å². The number of halogens is 2. The second kappa shape index (κ2) is 5.81. The predicted octanol–water partition coefficient (Wildman–Crippen LogP) is -1.38. The van der Waals surface area contributed by atoms with E-state index in [1.165, 1.54) is 0 Å². The molecule has 0 amide bonds. The van der Waals surface area contributed by atoms with E-state index in [4.69, 9.17) is 15.6 Å². The highest BCUT2D eigenvalue weighted by molar-refractivity contribution is 5.90. The molecular formula is C11H13F2N5O5. The predicted molar refractivity (Wildman–Crippen MR) is 69.4 cm³/mol. The van der Waals surface area contributed by atoms with Crippen LogP contribution in [-0.2, 0) is 4.74 Å². The molecule has 10 nitrogen and oxygen atoms in total. The topological polar surface area (TPSA) is 149 Å². The summed E-state index contributed by atoms with van der Waals surface area (Å²) >= 11 is 0. The average molecular weight is 333 g/mol. The summed E-state index contributed by atoms with van der Waals surface area (Å²) in [5.41, 5.74) is 5.61. The SMILES string of the molecule is Nc1ncnc2c1c(OC(F)F)nn2[C@@H]1O[C@H](CO)[C@@H](O)[C@H]1O. The van der Waals surface area contributed by atoms with Gasteiger partial charge in [-0.1, -0.05) is 0 Å². The van der Waals surface area contributed by atoms with E-state index in [-0.39, 0.29) is 16.9 Å². The van der Waals surface area contributed by atoms with Crippen LogP contribution >= 0.6 is 0 Å². The van der Waals surface area contributed by atoms with Crippen molar-refractivity contribution in [2.45, 2.75) is 31.2 Å². The number of nitrogens with zero attached hydrogens (tertiary/aromatic N) is 4. The van der Waals surface area contributed by atoms with Gasteiger partial charge in [-0.25, -0.2) is 14.6 Å². The normalized spacial score (nSPS) is 27.9. The first kappa shape index (κ1) is 15.7. The zero-order chi connectivity index (χ0) is 16.7. The van der Waals surface area contributed by atoms with Crippen LogP contribution in [0.15, 0.2) is 6.33 Å². The largest absolute Gasteiger partial charge is 0.414 e. The highest BCUT2D eigenvalue weighted by Crippen LogP contribution is 2.35. The first-order valence-corrected chi connectivity index (χ1v) is 6.50. The number of nitrogens with two attached hydrogens (primary N) is 1. The quantitative estimate of drug-likeness (QED) is 0.531. The number of rotatable bonds is 4. The molecule has 126 valence electrons. The van der Waals surface area contributed by atoms with Crippen molar-refractivity contribution in [3.63, 3.8) is 0 Å². The van der Waals surface area contributed by atoms with Crippen molar-refractivity contribution in [2.24, 2.45) is 0 Å². The lowest BCUT2D eigenvalue weighted by atomic mass is 10.1. The molecule has 3 heterocycles. The lowest BCUT2D eigenvalue weighted by molar-refractivity contribution is -0.0643. The molecule has 1 fully saturated rings. The van der Waals surface area contributed by atoms with E-state index in [0.717, 1.165) is 11.0 Å². The summed E-state index contributed by atoms with van der Waals surface area (Å²) < 4.78 is 35.6. The van der Waals surface area contributed by atoms with Crippen molar-refractivity contribution in [1.29, 1.82) is 0 Å². The smallest absolute Gasteiger partial charge is 0.388 e. The molecule has 2 aromatic rings. The van der Waals surface area contributed by atoms with Crippen LogP contribution in [0.25, 0.3) is 11.0 Å². The van der Waals surface area contributed by atoms with Gasteiger partial charge in [-0.3, -0.25) is 0 Å². The number of hydrogen-bond donors (Lipinski definition) is 4. The Hall–Kier alpha value is -2.15. The lowest BCUT2D eigenvalue weighted by Crippen LogP contribution is -2.33. The van der Waals surface area contributed by atoms with Gasteiger partial charge in [0, 0.05) is 0 Å². The van der Waals surface area contributed by atoms with E-state index >= 15 is 0 Å². The van der Waals surface area contributed by atoms with Gasteiger partial charge in [-0.15, -0.1) is 5.10 Å². The highest BCUT2D eigenvalue weighted by Gasteiger charge is 2.45. The molecule has 0 aliphatic carbocycles. The van der Waals surface area contributed by atoms with Crippen LogP contribution in [0.1, 0.15) is 6.23 Å². The molecule has 0 radical (unpaired) electrons. The molecule has 1 aliphatic heterocycles. The number of hydrogen-bond acceptors (Lipinski definition) is 9. The molecule has 3 rings (SSSR count). The fraction of sp³-hybridized carbons (Fsp3) is 0.545. The first-order valence-electron chi connectivity index (χ1n) is 6.50. The Morgan fingerprint density at radius 1 is 1.35 bits per heavy atom. The summed E-state index contributed by atoms with van der Waals surface area (Å²) in [5.74, 6) is -0.686. The zero-order valence-corrected chi connectivity index (χ0v) is 11.5. The van der Waals surface area contributed by atoms with Gasteiger partial charge in [-0.05, 0) is 0 Å². The van der Waals surface area contributed by atoms with Crippen molar-refractivity contribution in [2.75, 3.05) is 12.3 Å². The van der Waals surface area contributed by atoms with Gasteiger partial charge in [0.15, 0.2) is 11.9 Å². The minimum Gasteiger partial charge on any atom is -0.414 e. The summed E-state index contributed by atoms with van der Waals surface area (Å²) in [7, 11) is 0. The van der Waals surface area contributed by atoms with Crippen molar-refractivity contribution in [3.05, 3.63) is 6.33 Å². The summed E-state index contributed by atoms with van der Waals surface area (Å²) in [5, 5.41) is 32.6. The molecule has 4 atom stereocenters. The van der Waals surface area contributed by atoms with E-state index in [9.17, 15) is 19.0 Å². The van der Waals surface area contributed by atoms with Gasteiger partial charge in [-0.2, -0.15) is 8.78 Å². The van der Waals surface area contributed by atoms with Crippen molar-refractivity contribution < 1.29 is 33.6 Å². The Morgan fingerprint density at radius 3 is 2.70 bits per heavy atom. The maximum atomic E-state index is 12.5. The number of aliphatic hydroxyl groups is 3. The monoisotopic (exact) mass is 333 g/mol. The van der Waals surface area contributed by atoms with Crippen LogP contribution in [0.5, 0.6) is 5.88 Å². The van der Waals surface area contributed by atoms with E-state index in [1.54, 1.807) is 0 Å². The molecular weight excluding hydrogens is 320 g/mol. The molecule has 0 spiro atoms. The molecule has 0 aromatic carbocycles. The second-order valence-corrected chi connectivity index (χ2v) is 4.81. The molecule has 0 bridgehead atoms. The van der Waals surface area contributed by atoms with Crippen molar-refractivity contribution >= 4 is 16.9 Å². The van der Waals surface area contributed by atoms with Gasteiger partial charge >= 0.3 is 6.61 Å². The van der Waals surface area contributed by atoms with E-state index in [1.807, 2.05) is 0 Å².